The quantitative estimate of drug-likeness (QED) is 0.192. The van der Waals surface area contributed by atoms with Gasteiger partial charge in [-0.2, -0.15) is 0 Å². The second-order valence-electron chi connectivity index (χ2n) is 11.9. The molecule has 0 saturated carbocycles. The summed E-state index contributed by atoms with van der Waals surface area (Å²) in [6.07, 6.45) is 0. The van der Waals surface area contributed by atoms with E-state index in [0.717, 1.165) is 88.7 Å². The van der Waals surface area contributed by atoms with Gasteiger partial charge in [-0.05, 0) is 60.2 Å². The molecule has 10 aromatic rings. The molecule has 7 aromatic carbocycles. The van der Waals surface area contributed by atoms with Crippen molar-refractivity contribution in [3.05, 3.63) is 158 Å². The Bertz CT molecular complexity index is 2770. The summed E-state index contributed by atoms with van der Waals surface area (Å²) in [4.78, 5) is 7.08. The molecule has 5 heteroatoms. The van der Waals surface area contributed by atoms with Gasteiger partial charge in [-0.15, -0.1) is 0 Å². The lowest BCUT2D eigenvalue weighted by Gasteiger charge is -2.27. The molecule has 0 fully saturated rings. The Kier molecular flexibility index (Phi) is 5.81. The summed E-state index contributed by atoms with van der Waals surface area (Å²) in [7, 11) is 0. The summed E-state index contributed by atoms with van der Waals surface area (Å²) < 4.78 is 19.4. The number of benzene rings is 7. The largest absolute Gasteiger partial charge is 0.456 e. The Morgan fingerprint density at radius 1 is 0.438 bits per heavy atom. The van der Waals surface area contributed by atoms with Gasteiger partial charge in [-0.1, -0.05) is 97.1 Å². The predicted octanol–water partition coefficient (Wildman–Crippen LogP) is 12.4. The van der Waals surface area contributed by atoms with Crippen molar-refractivity contribution in [3.8, 4) is 22.6 Å². The van der Waals surface area contributed by atoms with E-state index in [2.05, 4.69) is 102 Å². The molecule has 0 aliphatic rings. The lowest BCUT2D eigenvalue weighted by atomic mass is 10.0. The van der Waals surface area contributed by atoms with Gasteiger partial charge < -0.3 is 18.2 Å². The number of furan rings is 2. The number of hydrogen-bond donors (Lipinski definition) is 0. The Hall–Kier alpha value is -6.59. The molecular formula is C43H26N2O3. The number of para-hydroxylation sites is 5. The number of aromatic nitrogens is 1. The average molecular weight is 619 g/mol. The van der Waals surface area contributed by atoms with Crippen LogP contribution in [0.3, 0.4) is 0 Å². The molecule has 0 aliphatic carbocycles. The monoisotopic (exact) mass is 618 g/mol. The van der Waals surface area contributed by atoms with E-state index < -0.39 is 0 Å². The van der Waals surface area contributed by atoms with Crippen molar-refractivity contribution in [2.45, 2.75) is 0 Å². The highest BCUT2D eigenvalue weighted by atomic mass is 16.4. The van der Waals surface area contributed by atoms with Crippen molar-refractivity contribution >= 4 is 72.0 Å². The van der Waals surface area contributed by atoms with Gasteiger partial charge in [-0.3, -0.25) is 0 Å². The molecule has 0 unspecified atom stereocenters. The van der Waals surface area contributed by atoms with E-state index in [1.807, 2.05) is 60.7 Å². The molecule has 10 rings (SSSR count). The third-order valence-electron chi connectivity index (χ3n) is 9.12. The van der Waals surface area contributed by atoms with Crippen LogP contribution in [0.15, 0.2) is 171 Å². The van der Waals surface area contributed by atoms with E-state index in [9.17, 15) is 0 Å². The van der Waals surface area contributed by atoms with Crippen LogP contribution in [0.1, 0.15) is 0 Å². The maximum atomic E-state index is 6.60. The summed E-state index contributed by atoms with van der Waals surface area (Å²) in [6, 6.07) is 53.8. The van der Waals surface area contributed by atoms with E-state index in [1.54, 1.807) is 0 Å². The summed E-state index contributed by atoms with van der Waals surface area (Å²) >= 11 is 0. The second kappa shape index (κ2) is 10.5. The summed E-state index contributed by atoms with van der Waals surface area (Å²) in [6.45, 7) is 0. The number of oxazole rings is 1. The minimum absolute atomic E-state index is 0.573. The normalized spacial score (nSPS) is 11.8. The van der Waals surface area contributed by atoms with Crippen molar-refractivity contribution < 1.29 is 13.3 Å². The van der Waals surface area contributed by atoms with Crippen molar-refractivity contribution in [3.63, 3.8) is 0 Å². The maximum absolute atomic E-state index is 6.60. The van der Waals surface area contributed by atoms with Crippen molar-refractivity contribution in [2.24, 2.45) is 0 Å². The van der Waals surface area contributed by atoms with E-state index in [4.69, 9.17) is 18.2 Å². The number of nitrogens with zero attached hydrogens (tertiary/aromatic N) is 2. The van der Waals surface area contributed by atoms with Crippen LogP contribution in [0.25, 0.3) is 77.6 Å². The number of anilines is 3. The topological polar surface area (TPSA) is 55.6 Å². The zero-order chi connectivity index (χ0) is 31.6. The molecule has 0 saturated heterocycles. The molecule has 0 radical (unpaired) electrons. The molecule has 3 aromatic heterocycles. The van der Waals surface area contributed by atoms with Gasteiger partial charge >= 0.3 is 0 Å². The molecule has 0 bridgehead atoms. The minimum Gasteiger partial charge on any atom is -0.456 e. The fraction of sp³-hybridized carbons (Fsp3) is 0. The summed E-state index contributed by atoms with van der Waals surface area (Å²) in [5.41, 5.74) is 10.8. The standard InChI is InChI=1S/C43H26N2O3/c1-2-12-27(13-3-1)29-14-4-7-19-35(29)45(36-20-10-16-31-30-15-5-8-21-37(30)47-42(31)36)28-24-25-32-40(26-28)46-39-23-11-17-33(41(32)39)43-44-34-18-6-9-22-38(34)48-43/h1-26H. The zero-order valence-electron chi connectivity index (χ0n) is 25.6. The van der Waals surface area contributed by atoms with Gasteiger partial charge in [0.15, 0.2) is 11.2 Å². The van der Waals surface area contributed by atoms with Crippen molar-refractivity contribution in [1.82, 2.24) is 4.98 Å². The van der Waals surface area contributed by atoms with E-state index in [1.165, 1.54) is 0 Å². The minimum atomic E-state index is 0.573. The van der Waals surface area contributed by atoms with Crippen LogP contribution in [0.5, 0.6) is 0 Å². The summed E-state index contributed by atoms with van der Waals surface area (Å²) in [5.74, 6) is 0.573. The third-order valence-corrected chi connectivity index (χ3v) is 9.12. The third kappa shape index (κ3) is 4.08. The average Bonchev–Trinajstić information content (AvgIpc) is 3.86. The number of hydrogen-bond acceptors (Lipinski definition) is 5. The smallest absolute Gasteiger partial charge is 0.228 e. The fourth-order valence-electron chi connectivity index (χ4n) is 6.97. The van der Waals surface area contributed by atoms with Crippen LogP contribution in [-0.2, 0) is 0 Å². The van der Waals surface area contributed by atoms with Gasteiger partial charge in [0, 0.05) is 38.7 Å². The second-order valence-corrected chi connectivity index (χ2v) is 11.9. The van der Waals surface area contributed by atoms with Gasteiger partial charge in [0.05, 0.1) is 17.1 Å². The van der Waals surface area contributed by atoms with Crippen LogP contribution in [0, 0.1) is 0 Å². The highest BCUT2D eigenvalue weighted by molar-refractivity contribution is 6.14. The highest BCUT2D eigenvalue weighted by Gasteiger charge is 2.23. The first kappa shape index (κ1) is 26.6. The van der Waals surface area contributed by atoms with Crippen LogP contribution >= 0.6 is 0 Å². The first-order valence-corrected chi connectivity index (χ1v) is 16.0. The molecule has 48 heavy (non-hydrogen) atoms. The molecule has 0 atom stereocenters. The van der Waals surface area contributed by atoms with Gasteiger partial charge in [0.2, 0.25) is 5.89 Å². The molecule has 3 heterocycles. The lowest BCUT2D eigenvalue weighted by molar-refractivity contribution is 0.620. The van der Waals surface area contributed by atoms with Gasteiger partial charge in [-0.25, -0.2) is 4.98 Å². The van der Waals surface area contributed by atoms with E-state index in [-0.39, 0.29) is 0 Å². The highest BCUT2D eigenvalue weighted by Crippen LogP contribution is 2.47. The zero-order valence-corrected chi connectivity index (χ0v) is 25.6. The molecule has 0 amide bonds. The Labute approximate surface area is 274 Å². The fourth-order valence-corrected chi connectivity index (χ4v) is 6.97. The Morgan fingerprint density at radius 2 is 1.15 bits per heavy atom. The maximum Gasteiger partial charge on any atom is 0.228 e. The van der Waals surface area contributed by atoms with Crippen LogP contribution in [0.4, 0.5) is 17.1 Å². The molecule has 0 spiro atoms. The van der Waals surface area contributed by atoms with Crippen LogP contribution in [0.2, 0.25) is 0 Å². The first-order chi connectivity index (χ1) is 23.8. The lowest BCUT2D eigenvalue weighted by Crippen LogP contribution is -2.11. The van der Waals surface area contributed by atoms with Crippen molar-refractivity contribution in [1.29, 1.82) is 0 Å². The molecule has 0 N–H and O–H groups in total. The molecular weight excluding hydrogens is 592 g/mol. The predicted molar refractivity (Wildman–Crippen MR) is 194 cm³/mol. The van der Waals surface area contributed by atoms with Crippen molar-refractivity contribution in [2.75, 3.05) is 4.90 Å². The van der Waals surface area contributed by atoms with E-state index >= 15 is 0 Å². The molecule has 226 valence electrons. The summed E-state index contributed by atoms with van der Waals surface area (Å²) in [5, 5.41) is 4.12. The van der Waals surface area contributed by atoms with Gasteiger partial charge in [0.1, 0.15) is 22.3 Å². The Morgan fingerprint density at radius 3 is 2.06 bits per heavy atom. The molecule has 5 nitrogen and oxygen atoms in total. The van der Waals surface area contributed by atoms with E-state index in [0.29, 0.717) is 5.89 Å². The van der Waals surface area contributed by atoms with Crippen LogP contribution < -0.4 is 4.90 Å². The molecule has 0 aliphatic heterocycles. The first-order valence-electron chi connectivity index (χ1n) is 16.0. The Balaban J connectivity index is 1.22. The van der Waals surface area contributed by atoms with Gasteiger partial charge in [0.25, 0.3) is 0 Å². The SMILES string of the molecule is c1ccc(-c2ccccc2N(c2ccc3c(c2)oc2cccc(-c4nc5ccccc5o4)c23)c2cccc3c2oc2ccccc23)cc1. The van der Waals surface area contributed by atoms with Crippen LogP contribution in [-0.4, -0.2) is 4.98 Å². The number of rotatable bonds is 5. The number of fused-ring (bicyclic) bond motifs is 7.